The maximum atomic E-state index is 12.5. The van der Waals surface area contributed by atoms with E-state index in [-0.39, 0.29) is 12.0 Å². The lowest BCUT2D eigenvalue weighted by Gasteiger charge is -2.24. The number of likely N-dealkylation sites (tertiary alicyclic amines) is 1. The molecule has 4 rings (SSSR count). The van der Waals surface area contributed by atoms with Crippen LogP contribution in [0.15, 0.2) is 23.1 Å². The fourth-order valence-electron chi connectivity index (χ4n) is 3.72. The van der Waals surface area contributed by atoms with E-state index in [9.17, 15) is 4.79 Å². The summed E-state index contributed by atoms with van der Waals surface area (Å²) in [6.45, 7) is 6.84. The number of rotatable bonds is 3. The van der Waals surface area contributed by atoms with E-state index in [1.54, 1.807) is 26.5 Å². The van der Waals surface area contributed by atoms with Gasteiger partial charge in [0.25, 0.3) is 0 Å². The summed E-state index contributed by atoms with van der Waals surface area (Å²) in [5.74, 6) is 0.918. The number of hydrogen-bond donors (Lipinski definition) is 1. The zero-order chi connectivity index (χ0) is 21.6. The van der Waals surface area contributed by atoms with Crippen molar-refractivity contribution in [1.29, 1.82) is 0 Å². The molecule has 1 saturated heterocycles. The van der Waals surface area contributed by atoms with Crippen molar-refractivity contribution in [2.75, 3.05) is 25.5 Å². The smallest absolute Gasteiger partial charge is 0.410 e. The zero-order valence-corrected chi connectivity index (χ0v) is 19.4. The van der Waals surface area contributed by atoms with E-state index >= 15 is 0 Å². The van der Waals surface area contributed by atoms with Gasteiger partial charge in [0.15, 0.2) is 5.65 Å². The Morgan fingerprint density at radius 3 is 2.70 bits per heavy atom. The topological polar surface area (TPSA) is 89.6 Å². The van der Waals surface area contributed by atoms with Gasteiger partial charge in [-0.05, 0) is 43.1 Å². The van der Waals surface area contributed by atoms with Gasteiger partial charge in [0.05, 0.1) is 22.6 Å². The Hall–Kier alpha value is -2.62. The summed E-state index contributed by atoms with van der Waals surface area (Å²) in [4.78, 5) is 19.2. The highest BCUT2D eigenvalue weighted by molar-refractivity contribution is 9.10. The molecule has 0 saturated carbocycles. The molecule has 10 heteroatoms. The third kappa shape index (κ3) is 3.76. The van der Waals surface area contributed by atoms with Crippen LogP contribution in [-0.4, -0.2) is 61.1 Å². The van der Waals surface area contributed by atoms with Gasteiger partial charge in [-0.3, -0.25) is 4.68 Å². The molecule has 1 fully saturated rings. The van der Waals surface area contributed by atoms with Gasteiger partial charge in [-0.1, -0.05) is 0 Å². The van der Waals surface area contributed by atoms with E-state index in [4.69, 9.17) is 9.72 Å². The Bertz CT molecular complexity index is 1100. The van der Waals surface area contributed by atoms with Gasteiger partial charge in [-0.15, -0.1) is 0 Å². The van der Waals surface area contributed by atoms with Crippen LogP contribution in [0.3, 0.4) is 0 Å². The summed E-state index contributed by atoms with van der Waals surface area (Å²) in [6, 6.07) is 0. The number of ether oxygens (including phenoxy) is 1. The highest BCUT2D eigenvalue weighted by Crippen LogP contribution is 2.37. The number of carbonyl (C=O) groups excluding carboxylic acids is 1. The Balaban J connectivity index is 1.71. The van der Waals surface area contributed by atoms with Crippen molar-refractivity contribution < 1.29 is 9.53 Å². The van der Waals surface area contributed by atoms with Gasteiger partial charge >= 0.3 is 6.09 Å². The minimum Gasteiger partial charge on any atom is -0.444 e. The lowest BCUT2D eigenvalue weighted by molar-refractivity contribution is 0.0292. The van der Waals surface area contributed by atoms with E-state index in [2.05, 4.69) is 31.4 Å². The Morgan fingerprint density at radius 1 is 1.30 bits per heavy atom. The summed E-state index contributed by atoms with van der Waals surface area (Å²) < 4.78 is 9.94. The standard InChI is InChI=1S/C20H26BrN7O2/c1-20(2,3)30-19(29)27-7-6-12(11-27)16-15(21)18(22-4)28-17(25-16)14(9-24-28)13-8-23-26(5)10-13/h8-10,12,22H,6-7,11H2,1-5H3. The van der Waals surface area contributed by atoms with Crippen LogP contribution >= 0.6 is 15.9 Å². The van der Waals surface area contributed by atoms with Crippen LogP contribution in [0.2, 0.25) is 0 Å². The molecule has 1 aliphatic heterocycles. The van der Waals surface area contributed by atoms with Crippen molar-refractivity contribution in [1.82, 2.24) is 29.3 Å². The molecule has 1 atom stereocenters. The van der Waals surface area contributed by atoms with Crippen molar-refractivity contribution in [3.8, 4) is 11.1 Å². The molecule has 30 heavy (non-hydrogen) atoms. The average Bonchev–Trinajstić information content (AvgIpc) is 3.38. The molecular formula is C20H26BrN7O2. The monoisotopic (exact) mass is 475 g/mol. The SMILES string of the molecule is CNc1c(Br)c(C2CCN(C(=O)OC(C)(C)C)C2)nc2c(-c3cnn(C)c3)cnn12. The van der Waals surface area contributed by atoms with Crippen LogP contribution in [-0.2, 0) is 11.8 Å². The zero-order valence-electron chi connectivity index (χ0n) is 17.8. The molecule has 3 aromatic heterocycles. The van der Waals surface area contributed by atoms with Crippen LogP contribution in [0.25, 0.3) is 16.8 Å². The van der Waals surface area contributed by atoms with E-state index in [0.29, 0.717) is 13.1 Å². The molecule has 3 aromatic rings. The van der Waals surface area contributed by atoms with Crippen molar-refractivity contribution >= 4 is 33.5 Å². The van der Waals surface area contributed by atoms with Gasteiger partial charge in [0, 0.05) is 50.4 Å². The Labute approximate surface area is 183 Å². The fraction of sp³-hybridized carbons (Fsp3) is 0.500. The first kappa shape index (κ1) is 20.6. The number of hydrogen-bond acceptors (Lipinski definition) is 6. The lowest BCUT2D eigenvalue weighted by atomic mass is 10.0. The number of carbonyl (C=O) groups is 1. The van der Waals surface area contributed by atoms with E-state index in [1.807, 2.05) is 41.1 Å². The van der Waals surface area contributed by atoms with Crippen LogP contribution in [0, 0.1) is 0 Å². The van der Waals surface area contributed by atoms with Gasteiger partial charge in [-0.25, -0.2) is 9.78 Å². The molecule has 9 nitrogen and oxygen atoms in total. The molecule has 0 aliphatic carbocycles. The molecule has 1 aliphatic rings. The molecular weight excluding hydrogens is 450 g/mol. The molecule has 0 bridgehead atoms. The Kier molecular flexibility index (Phi) is 5.21. The van der Waals surface area contributed by atoms with Crippen LogP contribution in [0.1, 0.15) is 38.8 Å². The predicted molar refractivity (Wildman–Crippen MR) is 118 cm³/mol. The summed E-state index contributed by atoms with van der Waals surface area (Å²) in [5.41, 5.74) is 3.01. The minimum atomic E-state index is -0.511. The number of halogens is 1. The molecule has 160 valence electrons. The first-order valence-corrected chi connectivity index (χ1v) is 10.7. The van der Waals surface area contributed by atoms with E-state index < -0.39 is 5.60 Å². The quantitative estimate of drug-likeness (QED) is 0.621. The van der Waals surface area contributed by atoms with Gasteiger partial charge in [0.1, 0.15) is 11.4 Å². The van der Waals surface area contributed by atoms with Crippen LogP contribution in [0.5, 0.6) is 0 Å². The third-order valence-electron chi connectivity index (χ3n) is 5.09. The fourth-order valence-corrected chi connectivity index (χ4v) is 4.50. The molecule has 1 unspecified atom stereocenters. The predicted octanol–water partition coefficient (Wildman–Crippen LogP) is 3.66. The maximum Gasteiger partial charge on any atom is 0.410 e. The van der Waals surface area contributed by atoms with Crippen molar-refractivity contribution in [3.63, 3.8) is 0 Å². The summed E-state index contributed by atoms with van der Waals surface area (Å²) in [5, 5.41) is 12.0. The number of aryl methyl sites for hydroxylation is 1. The number of nitrogens with zero attached hydrogens (tertiary/aromatic N) is 6. The molecule has 0 aromatic carbocycles. The van der Waals surface area contributed by atoms with Gasteiger partial charge in [-0.2, -0.15) is 14.7 Å². The number of amides is 1. The third-order valence-corrected chi connectivity index (χ3v) is 5.88. The maximum absolute atomic E-state index is 12.5. The molecule has 0 radical (unpaired) electrons. The van der Waals surface area contributed by atoms with Crippen LogP contribution < -0.4 is 5.32 Å². The summed E-state index contributed by atoms with van der Waals surface area (Å²) in [7, 11) is 3.74. The normalized spacial score (nSPS) is 17.0. The summed E-state index contributed by atoms with van der Waals surface area (Å²) in [6.07, 6.45) is 6.09. The van der Waals surface area contributed by atoms with E-state index in [0.717, 1.165) is 39.2 Å². The number of anilines is 1. The van der Waals surface area contributed by atoms with E-state index in [1.165, 1.54) is 0 Å². The van der Waals surface area contributed by atoms with Crippen molar-refractivity contribution in [2.45, 2.75) is 38.7 Å². The molecule has 1 N–H and O–H groups in total. The second-order valence-electron chi connectivity index (χ2n) is 8.52. The molecule has 4 heterocycles. The molecule has 0 spiro atoms. The van der Waals surface area contributed by atoms with Gasteiger partial charge < -0.3 is 15.0 Å². The average molecular weight is 476 g/mol. The first-order chi connectivity index (χ1) is 14.2. The highest BCUT2D eigenvalue weighted by Gasteiger charge is 2.33. The number of aromatic nitrogens is 5. The largest absolute Gasteiger partial charge is 0.444 e. The second-order valence-corrected chi connectivity index (χ2v) is 9.31. The minimum absolute atomic E-state index is 0.0978. The number of fused-ring (bicyclic) bond motifs is 1. The van der Waals surface area contributed by atoms with Crippen LogP contribution in [0.4, 0.5) is 10.6 Å². The number of nitrogens with one attached hydrogen (secondary N) is 1. The summed E-state index contributed by atoms with van der Waals surface area (Å²) >= 11 is 3.71. The second kappa shape index (κ2) is 7.57. The molecule has 1 amide bonds. The first-order valence-electron chi connectivity index (χ1n) is 9.89. The van der Waals surface area contributed by atoms with Gasteiger partial charge in [0.2, 0.25) is 0 Å². The highest BCUT2D eigenvalue weighted by atomic mass is 79.9. The van der Waals surface area contributed by atoms with Crippen molar-refractivity contribution in [3.05, 3.63) is 28.8 Å². The Morgan fingerprint density at radius 2 is 2.07 bits per heavy atom. The lowest BCUT2D eigenvalue weighted by Crippen LogP contribution is -2.35. The van der Waals surface area contributed by atoms with Crippen molar-refractivity contribution in [2.24, 2.45) is 7.05 Å².